The van der Waals surface area contributed by atoms with Crippen molar-refractivity contribution in [3.63, 3.8) is 0 Å². The van der Waals surface area contributed by atoms with Gasteiger partial charge in [0.1, 0.15) is 6.04 Å². The highest BCUT2D eigenvalue weighted by Gasteiger charge is 2.32. The highest BCUT2D eigenvalue weighted by Crippen LogP contribution is 2.37. The van der Waals surface area contributed by atoms with Crippen LogP contribution in [0.3, 0.4) is 0 Å². The summed E-state index contributed by atoms with van der Waals surface area (Å²) in [6.07, 6.45) is 1.67. The largest absolute Gasteiger partial charge is 0.478 e. The van der Waals surface area contributed by atoms with Crippen LogP contribution < -0.4 is 5.32 Å². The second-order valence-electron chi connectivity index (χ2n) is 4.84. The third-order valence-electron chi connectivity index (χ3n) is 3.38. The van der Waals surface area contributed by atoms with Gasteiger partial charge in [-0.05, 0) is 12.1 Å². The molecule has 0 bridgehead atoms. The second-order valence-corrected chi connectivity index (χ2v) is 7.14. The van der Waals surface area contributed by atoms with Gasteiger partial charge in [0.15, 0.2) is 10.8 Å². The summed E-state index contributed by atoms with van der Waals surface area (Å²) in [5.74, 6) is -0.546. The van der Waals surface area contributed by atoms with E-state index in [1.54, 1.807) is 24.4 Å². The number of halogens is 3. The second kappa shape index (κ2) is 7.23. The number of carboxylic acids is 1. The first-order valence-corrected chi connectivity index (χ1v) is 9.49. The van der Waals surface area contributed by atoms with Crippen LogP contribution in [0, 0.1) is 0 Å². The number of nitrogens with one attached hydrogen (secondary N) is 1. The van der Waals surface area contributed by atoms with Crippen molar-refractivity contribution in [1.29, 1.82) is 0 Å². The molecule has 2 N–H and O–H groups in total. The monoisotopic (exact) mass is 445 g/mol. The number of rotatable bonds is 4. The van der Waals surface area contributed by atoms with Crippen LogP contribution in [0.2, 0.25) is 10.0 Å². The highest BCUT2D eigenvalue weighted by atomic mass is 79.9. The molecule has 2 heterocycles. The molecule has 0 amide bonds. The molecular weight excluding hydrogens is 437 g/mol. The number of benzene rings is 1. The molecule has 0 spiro atoms. The third kappa shape index (κ3) is 3.35. The van der Waals surface area contributed by atoms with Gasteiger partial charge in [-0.1, -0.05) is 45.2 Å². The fourth-order valence-corrected chi connectivity index (χ4v) is 3.89. The van der Waals surface area contributed by atoms with Gasteiger partial charge in [0, 0.05) is 38.2 Å². The van der Waals surface area contributed by atoms with Crippen molar-refractivity contribution in [3.8, 4) is 0 Å². The zero-order valence-corrected chi connectivity index (χ0v) is 15.9. The van der Waals surface area contributed by atoms with Crippen molar-refractivity contribution in [2.24, 2.45) is 4.99 Å². The average Bonchev–Trinajstić information content (AvgIpc) is 3.08. The normalized spacial score (nSPS) is 17.5. The van der Waals surface area contributed by atoms with Gasteiger partial charge in [0.25, 0.3) is 0 Å². The number of allylic oxidation sites excluding steroid dienone is 1. The SMILES string of the molecule is O=C(O)C1=C(CBr)NC(c2nccs2)=N[C@H]1c1ccc(Cl)cc1Cl. The smallest absolute Gasteiger partial charge is 0.335 e. The number of thiazole rings is 1. The van der Waals surface area contributed by atoms with Gasteiger partial charge in [-0.3, -0.25) is 4.99 Å². The molecule has 1 aliphatic rings. The van der Waals surface area contributed by atoms with Crippen LogP contribution in [-0.2, 0) is 4.79 Å². The summed E-state index contributed by atoms with van der Waals surface area (Å²) in [6.45, 7) is 0. The predicted molar refractivity (Wildman–Crippen MR) is 99.4 cm³/mol. The van der Waals surface area contributed by atoms with Crippen LogP contribution in [0.25, 0.3) is 0 Å². The van der Waals surface area contributed by atoms with E-state index in [-0.39, 0.29) is 5.57 Å². The Kier molecular flexibility index (Phi) is 5.24. The quantitative estimate of drug-likeness (QED) is 0.687. The number of aromatic nitrogens is 1. The fraction of sp³-hybridized carbons (Fsp3) is 0.133. The molecule has 0 saturated heterocycles. The molecule has 24 heavy (non-hydrogen) atoms. The zero-order chi connectivity index (χ0) is 17.3. The van der Waals surface area contributed by atoms with Crippen LogP contribution in [-0.4, -0.2) is 27.2 Å². The van der Waals surface area contributed by atoms with E-state index in [4.69, 9.17) is 23.2 Å². The lowest BCUT2D eigenvalue weighted by molar-refractivity contribution is -0.133. The van der Waals surface area contributed by atoms with Crippen molar-refractivity contribution < 1.29 is 9.90 Å². The van der Waals surface area contributed by atoms with E-state index in [2.05, 4.69) is 31.2 Å². The molecule has 9 heteroatoms. The van der Waals surface area contributed by atoms with Crippen LogP contribution in [0.4, 0.5) is 0 Å². The van der Waals surface area contributed by atoms with Crippen LogP contribution in [0.5, 0.6) is 0 Å². The summed E-state index contributed by atoms with van der Waals surface area (Å²) in [4.78, 5) is 20.6. The van der Waals surface area contributed by atoms with E-state index >= 15 is 0 Å². The van der Waals surface area contributed by atoms with Crippen LogP contribution >= 0.6 is 50.5 Å². The minimum atomic E-state index is -1.06. The van der Waals surface area contributed by atoms with Gasteiger partial charge in [-0.15, -0.1) is 11.3 Å². The lowest BCUT2D eigenvalue weighted by atomic mass is 9.96. The standard InChI is InChI=1S/C15H10BrCl2N3O2S/c16-6-10-11(15(22)23)12(8-2-1-7(17)5-9(8)18)21-13(20-10)14-19-3-4-24-14/h1-5,12H,6H2,(H,20,21)(H,22,23)/t12-/m0/s1. The molecule has 0 unspecified atom stereocenters. The molecule has 0 fully saturated rings. The Morgan fingerprint density at radius 3 is 2.79 bits per heavy atom. The van der Waals surface area contributed by atoms with E-state index in [1.807, 2.05) is 5.38 Å². The lowest BCUT2D eigenvalue weighted by Crippen LogP contribution is -2.34. The number of amidine groups is 1. The first-order chi connectivity index (χ1) is 11.5. The van der Waals surface area contributed by atoms with Crippen LogP contribution in [0.1, 0.15) is 16.6 Å². The molecular formula is C15H10BrCl2N3O2S. The minimum Gasteiger partial charge on any atom is -0.478 e. The van der Waals surface area contributed by atoms with E-state index in [0.29, 0.717) is 37.5 Å². The molecule has 0 saturated carbocycles. The summed E-state index contributed by atoms with van der Waals surface area (Å²) in [5.41, 5.74) is 1.22. The molecule has 0 radical (unpaired) electrons. The molecule has 2 aromatic rings. The average molecular weight is 447 g/mol. The topological polar surface area (TPSA) is 74.6 Å². The zero-order valence-electron chi connectivity index (χ0n) is 12.0. The Balaban J connectivity index is 2.17. The summed E-state index contributed by atoms with van der Waals surface area (Å²) in [7, 11) is 0. The number of nitrogens with zero attached hydrogens (tertiary/aromatic N) is 2. The Bertz CT molecular complexity index is 852. The number of hydrogen-bond acceptors (Lipinski definition) is 5. The first-order valence-electron chi connectivity index (χ1n) is 6.73. The minimum absolute atomic E-state index is 0.136. The Morgan fingerprint density at radius 2 is 2.21 bits per heavy atom. The van der Waals surface area contributed by atoms with Crippen molar-refractivity contribution in [3.05, 3.63) is 61.7 Å². The fourth-order valence-electron chi connectivity index (χ4n) is 2.35. The molecule has 1 aromatic heterocycles. The van der Waals surface area contributed by atoms with Gasteiger partial charge in [-0.2, -0.15) is 0 Å². The van der Waals surface area contributed by atoms with Crippen molar-refractivity contribution in [2.45, 2.75) is 6.04 Å². The molecule has 124 valence electrons. The summed E-state index contributed by atoms with van der Waals surface area (Å²) >= 11 is 17.0. The Labute approximate surface area is 160 Å². The molecule has 1 aromatic carbocycles. The highest BCUT2D eigenvalue weighted by molar-refractivity contribution is 9.09. The maximum atomic E-state index is 11.8. The van der Waals surface area contributed by atoms with Gasteiger partial charge in [0.05, 0.1) is 5.57 Å². The molecule has 3 rings (SSSR count). The summed E-state index contributed by atoms with van der Waals surface area (Å²) in [6, 6.07) is 4.18. The van der Waals surface area contributed by atoms with E-state index in [9.17, 15) is 9.90 Å². The predicted octanol–water partition coefficient (Wildman–Crippen LogP) is 4.27. The molecule has 0 aliphatic carbocycles. The number of carbonyl (C=O) groups is 1. The van der Waals surface area contributed by atoms with Gasteiger partial charge >= 0.3 is 5.97 Å². The first kappa shape index (κ1) is 17.4. The maximum absolute atomic E-state index is 11.8. The Hall–Kier alpha value is -1.41. The van der Waals surface area contributed by atoms with Gasteiger partial charge < -0.3 is 10.4 Å². The van der Waals surface area contributed by atoms with E-state index in [1.165, 1.54) is 11.3 Å². The molecule has 5 nitrogen and oxygen atoms in total. The van der Waals surface area contributed by atoms with E-state index < -0.39 is 12.0 Å². The van der Waals surface area contributed by atoms with Crippen molar-refractivity contribution >= 4 is 62.3 Å². The number of aliphatic imine (C=N–C) groups is 1. The Morgan fingerprint density at radius 1 is 1.42 bits per heavy atom. The third-order valence-corrected chi connectivity index (χ3v) is 5.29. The van der Waals surface area contributed by atoms with Gasteiger partial charge in [-0.25, -0.2) is 9.78 Å². The van der Waals surface area contributed by atoms with Crippen LogP contribution in [0.15, 0.2) is 46.0 Å². The van der Waals surface area contributed by atoms with Crippen molar-refractivity contribution in [1.82, 2.24) is 10.3 Å². The lowest BCUT2D eigenvalue weighted by Gasteiger charge is -2.25. The molecule has 1 aliphatic heterocycles. The van der Waals surface area contributed by atoms with E-state index in [0.717, 1.165) is 0 Å². The summed E-state index contributed by atoms with van der Waals surface area (Å²) < 4.78 is 0. The number of aliphatic carboxylic acids is 1. The number of hydrogen-bond donors (Lipinski definition) is 2. The number of alkyl halides is 1. The summed E-state index contributed by atoms with van der Waals surface area (Å²) in [5, 5.41) is 16.4. The van der Waals surface area contributed by atoms with Crippen molar-refractivity contribution in [2.75, 3.05) is 5.33 Å². The van der Waals surface area contributed by atoms with Gasteiger partial charge in [0.2, 0.25) is 0 Å². The number of carboxylic acid groups (broad SMARTS) is 1. The molecule has 1 atom stereocenters. The maximum Gasteiger partial charge on any atom is 0.335 e.